The van der Waals surface area contributed by atoms with E-state index in [0.717, 1.165) is 31.7 Å². The molecule has 2 N–H and O–H groups in total. The van der Waals surface area contributed by atoms with Gasteiger partial charge in [0.15, 0.2) is 0 Å². The number of fused-ring (bicyclic) bond motifs is 1. The third kappa shape index (κ3) is 3.80. The van der Waals surface area contributed by atoms with E-state index in [1.165, 1.54) is 0 Å². The normalized spacial score (nSPS) is 16.9. The number of nitrogens with one attached hydrogen (secondary N) is 2. The minimum atomic E-state index is -0.240. The molecule has 0 radical (unpaired) electrons. The van der Waals surface area contributed by atoms with Gasteiger partial charge in [-0.3, -0.25) is 14.5 Å². The molecule has 1 aliphatic heterocycles. The van der Waals surface area contributed by atoms with Crippen molar-refractivity contribution in [2.75, 3.05) is 32.8 Å². The van der Waals surface area contributed by atoms with Crippen LogP contribution in [0.5, 0.6) is 0 Å². The van der Waals surface area contributed by atoms with Crippen molar-refractivity contribution in [3.8, 4) is 0 Å². The average Bonchev–Trinajstić information content (AvgIpc) is 2.63. The zero-order valence-corrected chi connectivity index (χ0v) is 13.7. The largest absolute Gasteiger partial charge is 0.379 e. The summed E-state index contributed by atoms with van der Waals surface area (Å²) in [5, 5.41) is 10.7. The number of carbonyl (C=O) groups excluding carboxylic acids is 1. The second-order valence-electron chi connectivity index (χ2n) is 6.02. The molecule has 3 rings (SSSR count). The van der Waals surface area contributed by atoms with Crippen LogP contribution < -0.4 is 10.9 Å². The fourth-order valence-electron chi connectivity index (χ4n) is 2.93. The Kier molecular flexibility index (Phi) is 5.22. The second-order valence-corrected chi connectivity index (χ2v) is 6.02. The lowest BCUT2D eigenvalue weighted by molar-refractivity contribution is -0.120. The predicted molar refractivity (Wildman–Crippen MR) is 90.9 cm³/mol. The molecule has 0 unspecified atom stereocenters. The summed E-state index contributed by atoms with van der Waals surface area (Å²) in [6.45, 7) is 5.95. The number of carbonyl (C=O) groups is 1. The van der Waals surface area contributed by atoms with Gasteiger partial charge in [-0.1, -0.05) is 18.2 Å². The molecule has 1 aliphatic rings. The molecular weight excluding hydrogens is 308 g/mol. The van der Waals surface area contributed by atoms with E-state index in [4.69, 9.17) is 4.74 Å². The van der Waals surface area contributed by atoms with Gasteiger partial charge in [-0.25, -0.2) is 5.10 Å². The fraction of sp³-hybridized carbons (Fsp3) is 0.471. The summed E-state index contributed by atoms with van der Waals surface area (Å²) >= 11 is 0. The van der Waals surface area contributed by atoms with Gasteiger partial charge in [0.05, 0.1) is 30.7 Å². The molecule has 1 aromatic carbocycles. The van der Waals surface area contributed by atoms with Crippen LogP contribution in [-0.4, -0.2) is 59.9 Å². The first-order chi connectivity index (χ1) is 11.6. The van der Waals surface area contributed by atoms with Crippen molar-refractivity contribution in [1.82, 2.24) is 20.4 Å². The lowest BCUT2D eigenvalue weighted by Gasteiger charge is -2.32. The summed E-state index contributed by atoms with van der Waals surface area (Å²) in [5.74, 6) is -0.0974. The standard InChI is InChI=1S/C17H22N4O3/c1-12(21-6-8-24-9-7-21)11-18-16(22)10-15-13-4-2-3-5-14(13)17(23)20-19-15/h2-5,12H,6-11H2,1H3,(H,18,22)(H,20,23)/t12-/m1/s1. The molecule has 0 spiro atoms. The quantitative estimate of drug-likeness (QED) is 0.823. The van der Waals surface area contributed by atoms with Crippen LogP contribution in [0.1, 0.15) is 12.6 Å². The van der Waals surface area contributed by atoms with Gasteiger partial charge in [0.25, 0.3) is 5.56 Å². The molecule has 2 heterocycles. The van der Waals surface area contributed by atoms with E-state index >= 15 is 0 Å². The van der Waals surface area contributed by atoms with Crippen molar-refractivity contribution < 1.29 is 9.53 Å². The summed E-state index contributed by atoms with van der Waals surface area (Å²) in [7, 11) is 0. The highest BCUT2D eigenvalue weighted by atomic mass is 16.5. The van der Waals surface area contributed by atoms with Crippen LogP contribution >= 0.6 is 0 Å². The Bertz CT molecular complexity index is 768. The first-order valence-electron chi connectivity index (χ1n) is 8.20. The van der Waals surface area contributed by atoms with Crippen molar-refractivity contribution >= 4 is 16.7 Å². The smallest absolute Gasteiger partial charge is 0.272 e. The maximum atomic E-state index is 12.2. The molecule has 0 saturated carbocycles. The molecule has 7 heteroatoms. The topological polar surface area (TPSA) is 87.3 Å². The minimum absolute atomic E-state index is 0.0974. The van der Waals surface area contributed by atoms with Crippen molar-refractivity contribution in [1.29, 1.82) is 0 Å². The molecule has 1 fully saturated rings. The summed E-state index contributed by atoms with van der Waals surface area (Å²) in [5.41, 5.74) is 0.345. The van der Waals surface area contributed by atoms with Gasteiger partial charge in [-0.15, -0.1) is 0 Å². The number of benzene rings is 1. The van der Waals surface area contributed by atoms with Gasteiger partial charge >= 0.3 is 0 Å². The predicted octanol–water partition coefficient (Wildman–Crippen LogP) is 0.303. The molecule has 0 bridgehead atoms. The Hall–Kier alpha value is -2.25. The van der Waals surface area contributed by atoms with Crippen LogP contribution in [-0.2, 0) is 16.0 Å². The SMILES string of the molecule is C[C@H](CNC(=O)Cc1n[nH]c(=O)c2ccccc12)N1CCOCC1. The second kappa shape index (κ2) is 7.55. The third-order valence-corrected chi connectivity index (χ3v) is 4.37. The molecule has 24 heavy (non-hydrogen) atoms. The Morgan fingerprint density at radius 2 is 2.04 bits per heavy atom. The third-order valence-electron chi connectivity index (χ3n) is 4.37. The highest BCUT2D eigenvalue weighted by Gasteiger charge is 2.18. The lowest BCUT2D eigenvalue weighted by Crippen LogP contribution is -2.47. The highest BCUT2D eigenvalue weighted by Crippen LogP contribution is 2.12. The first-order valence-corrected chi connectivity index (χ1v) is 8.20. The van der Waals surface area contributed by atoms with E-state index in [9.17, 15) is 9.59 Å². The number of H-pyrrole nitrogens is 1. The van der Waals surface area contributed by atoms with Gasteiger partial charge < -0.3 is 10.1 Å². The van der Waals surface area contributed by atoms with Gasteiger partial charge in [0.1, 0.15) is 0 Å². The van der Waals surface area contributed by atoms with Crippen LogP contribution in [0.4, 0.5) is 0 Å². The number of hydrogen-bond donors (Lipinski definition) is 2. The molecule has 1 saturated heterocycles. The highest BCUT2D eigenvalue weighted by molar-refractivity contribution is 5.88. The maximum absolute atomic E-state index is 12.2. The molecule has 128 valence electrons. The van der Waals surface area contributed by atoms with Gasteiger partial charge in [0, 0.05) is 31.1 Å². The number of rotatable bonds is 5. The number of ether oxygens (including phenoxy) is 1. The van der Waals surface area contributed by atoms with Crippen LogP contribution in [0.15, 0.2) is 29.1 Å². The zero-order chi connectivity index (χ0) is 16.9. The van der Waals surface area contributed by atoms with E-state index in [2.05, 4.69) is 27.3 Å². The molecule has 2 aromatic rings. The molecular formula is C17H22N4O3. The van der Waals surface area contributed by atoms with Crippen LogP contribution in [0.3, 0.4) is 0 Å². The molecule has 1 aromatic heterocycles. The number of nitrogens with zero attached hydrogens (tertiary/aromatic N) is 2. The Morgan fingerprint density at radius 1 is 1.33 bits per heavy atom. The summed E-state index contributed by atoms with van der Waals surface area (Å²) in [6.07, 6.45) is 0.146. The lowest BCUT2D eigenvalue weighted by atomic mass is 10.1. The average molecular weight is 330 g/mol. The van der Waals surface area contributed by atoms with Gasteiger partial charge in [0.2, 0.25) is 5.91 Å². The van der Waals surface area contributed by atoms with E-state index in [-0.39, 0.29) is 23.9 Å². The Balaban J connectivity index is 1.61. The molecule has 1 atom stereocenters. The van der Waals surface area contributed by atoms with Crippen molar-refractivity contribution in [3.63, 3.8) is 0 Å². The number of aromatic amines is 1. The zero-order valence-electron chi connectivity index (χ0n) is 13.7. The summed E-state index contributed by atoms with van der Waals surface area (Å²) in [6, 6.07) is 7.45. The molecule has 0 aliphatic carbocycles. The first kappa shape index (κ1) is 16.6. The summed E-state index contributed by atoms with van der Waals surface area (Å²) < 4.78 is 5.34. The van der Waals surface area contributed by atoms with Crippen molar-refractivity contribution in [2.45, 2.75) is 19.4 Å². The van der Waals surface area contributed by atoms with Crippen molar-refractivity contribution in [2.24, 2.45) is 0 Å². The molecule has 7 nitrogen and oxygen atoms in total. The minimum Gasteiger partial charge on any atom is -0.379 e. The van der Waals surface area contributed by atoms with Gasteiger partial charge in [-0.05, 0) is 13.0 Å². The Labute approximate surface area is 140 Å². The Morgan fingerprint density at radius 3 is 2.79 bits per heavy atom. The van der Waals surface area contributed by atoms with E-state index in [0.29, 0.717) is 17.6 Å². The number of amides is 1. The summed E-state index contributed by atoms with van der Waals surface area (Å²) in [4.78, 5) is 26.3. The number of morpholine rings is 1. The number of aromatic nitrogens is 2. The van der Waals surface area contributed by atoms with Crippen LogP contribution in [0, 0.1) is 0 Å². The monoisotopic (exact) mass is 330 g/mol. The number of hydrogen-bond acceptors (Lipinski definition) is 5. The van der Waals surface area contributed by atoms with E-state index < -0.39 is 0 Å². The fourth-order valence-corrected chi connectivity index (χ4v) is 2.93. The van der Waals surface area contributed by atoms with Crippen molar-refractivity contribution in [3.05, 3.63) is 40.3 Å². The maximum Gasteiger partial charge on any atom is 0.272 e. The van der Waals surface area contributed by atoms with Crippen LogP contribution in [0.2, 0.25) is 0 Å². The molecule has 1 amide bonds. The van der Waals surface area contributed by atoms with Crippen LogP contribution in [0.25, 0.3) is 10.8 Å². The van der Waals surface area contributed by atoms with E-state index in [1.54, 1.807) is 12.1 Å². The van der Waals surface area contributed by atoms with Gasteiger partial charge in [-0.2, -0.15) is 5.10 Å². The van der Waals surface area contributed by atoms with E-state index in [1.807, 2.05) is 12.1 Å².